The number of hydrogen-bond acceptors (Lipinski definition) is 5. The van der Waals surface area contributed by atoms with Crippen LogP contribution in [0, 0.1) is 0 Å². The molecule has 0 bridgehead atoms. The van der Waals surface area contributed by atoms with E-state index in [2.05, 4.69) is 4.99 Å². The Morgan fingerprint density at radius 3 is 2.21 bits per heavy atom. The third kappa shape index (κ3) is 3.61. The molecule has 0 radical (unpaired) electrons. The van der Waals surface area contributed by atoms with Crippen LogP contribution in [0.2, 0.25) is 0 Å². The van der Waals surface area contributed by atoms with E-state index in [4.69, 9.17) is 14.2 Å². The van der Waals surface area contributed by atoms with Crippen molar-refractivity contribution in [2.75, 3.05) is 35.4 Å². The quantitative estimate of drug-likeness (QED) is 0.461. The maximum atomic E-state index is 11.7. The van der Waals surface area contributed by atoms with E-state index >= 15 is 0 Å². The number of nitrogens with zero attached hydrogens (tertiary/aromatic N) is 2. The Kier molecular flexibility index (Phi) is 5.17. The summed E-state index contributed by atoms with van der Waals surface area (Å²) in [5, 5.41) is 0. The van der Waals surface area contributed by atoms with Crippen molar-refractivity contribution in [3.05, 3.63) is 17.7 Å². The molecule has 104 valence electrons. The van der Waals surface area contributed by atoms with Crippen LogP contribution < -0.4 is 9.47 Å². The van der Waals surface area contributed by atoms with Gasteiger partial charge in [0.15, 0.2) is 11.5 Å². The molecular weight excluding hydrogens is 248 g/mol. The predicted octanol–water partition coefficient (Wildman–Crippen LogP) is 1.71. The predicted molar refractivity (Wildman–Crippen MR) is 72.7 cm³/mol. The molecule has 0 heterocycles. The topological polar surface area (TPSA) is 60.4 Å². The molecular formula is C13H18N2O4. The zero-order valence-electron chi connectivity index (χ0n) is 11.8. The van der Waals surface area contributed by atoms with Gasteiger partial charge in [-0.3, -0.25) is 0 Å². The fourth-order valence-electron chi connectivity index (χ4n) is 1.43. The first kappa shape index (κ1) is 14.8. The van der Waals surface area contributed by atoms with Crippen molar-refractivity contribution in [3.8, 4) is 11.5 Å². The lowest BCUT2D eigenvalue weighted by molar-refractivity contribution is 0.0601. The summed E-state index contributed by atoms with van der Waals surface area (Å²) in [6, 6.07) is 3.18. The normalized spacial score (nSPS) is 10.4. The highest BCUT2D eigenvalue weighted by atomic mass is 16.5. The van der Waals surface area contributed by atoms with E-state index in [1.54, 1.807) is 23.4 Å². The molecule has 0 amide bonds. The number of aliphatic imine (C=N–C) groups is 1. The molecule has 1 aromatic carbocycles. The molecule has 1 aromatic rings. The molecule has 0 aliphatic heterocycles. The zero-order chi connectivity index (χ0) is 14.4. The average Bonchev–Trinajstić information content (AvgIpc) is 2.42. The van der Waals surface area contributed by atoms with Crippen LogP contribution in [0.25, 0.3) is 0 Å². The first-order chi connectivity index (χ1) is 9.03. The fourth-order valence-corrected chi connectivity index (χ4v) is 1.43. The molecule has 6 nitrogen and oxygen atoms in total. The number of ether oxygens (including phenoxy) is 3. The molecule has 0 aliphatic carbocycles. The van der Waals surface area contributed by atoms with Gasteiger partial charge < -0.3 is 19.1 Å². The maximum Gasteiger partial charge on any atom is 0.340 e. The summed E-state index contributed by atoms with van der Waals surface area (Å²) in [7, 11) is 8.01. The third-order valence-electron chi connectivity index (χ3n) is 2.33. The minimum atomic E-state index is -0.480. The van der Waals surface area contributed by atoms with Gasteiger partial charge in [-0.2, -0.15) is 0 Å². The molecule has 19 heavy (non-hydrogen) atoms. The van der Waals surface area contributed by atoms with Crippen molar-refractivity contribution in [1.82, 2.24) is 4.90 Å². The summed E-state index contributed by atoms with van der Waals surface area (Å²) in [5.74, 6) is 0.472. The van der Waals surface area contributed by atoms with Crippen molar-refractivity contribution in [1.29, 1.82) is 0 Å². The van der Waals surface area contributed by atoms with E-state index in [1.165, 1.54) is 21.3 Å². The Bertz CT molecular complexity index is 484. The van der Waals surface area contributed by atoms with E-state index in [0.717, 1.165) is 0 Å². The highest BCUT2D eigenvalue weighted by molar-refractivity contribution is 5.96. The zero-order valence-corrected chi connectivity index (χ0v) is 11.8. The van der Waals surface area contributed by atoms with Crippen molar-refractivity contribution >= 4 is 18.0 Å². The van der Waals surface area contributed by atoms with E-state index in [-0.39, 0.29) is 0 Å². The van der Waals surface area contributed by atoms with Gasteiger partial charge in [0.2, 0.25) is 0 Å². The smallest absolute Gasteiger partial charge is 0.340 e. The number of hydrogen-bond donors (Lipinski definition) is 0. The SMILES string of the molecule is COC(=O)c1cc(OC)c(OC)cc1/N=C\N(C)C. The first-order valence-electron chi connectivity index (χ1n) is 5.58. The summed E-state index contributed by atoms with van der Waals surface area (Å²) in [6.45, 7) is 0. The van der Waals surface area contributed by atoms with Gasteiger partial charge >= 0.3 is 5.97 Å². The van der Waals surface area contributed by atoms with Gasteiger partial charge in [-0.1, -0.05) is 0 Å². The van der Waals surface area contributed by atoms with Crippen LogP contribution in [0.3, 0.4) is 0 Å². The van der Waals surface area contributed by atoms with Crippen molar-refractivity contribution in [2.45, 2.75) is 0 Å². The largest absolute Gasteiger partial charge is 0.493 e. The number of esters is 1. The van der Waals surface area contributed by atoms with Crippen LogP contribution in [-0.4, -0.2) is 52.6 Å². The number of carbonyl (C=O) groups excluding carboxylic acids is 1. The molecule has 0 spiro atoms. The minimum Gasteiger partial charge on any atom is -0.493 e. The van der Waals surface area contributed by atoms with Crippen LogP contribution in [-0.2, 0) is 4.74 Å². The highest BCUT2D eigenvalue weighted by Gasteiger charge is 2.16. The van der Waals surface area contributed by atoms with E-state index in [1.807, 2.05) is 14.1 Å². The molecule has 0 unspecified atom stereocenters. The second kappa shape index (κ2) is 6.63. The number of benzene rings is 1. The Labute approximate surface area is 112 Å². The van der Waals surface area contributed by atoms with Crippen molar-refractivity contribution in [3.63, 3.8) is 0 Å². The first-order valence-corrected chi connectivity index (χ1v) is 5.58. The average molecular weight is 266 g/mol. The van der Waals surface area contributed by atoms with Gasteiger partial charge in [-0.05, 0) is 0 Å². The summed E-state index contributed by atoms with van der Waals surface area (Å²) in [4.78, 5) is 17.7. The Morgan fingerprint density at radius 1 is 1.16 bits per heavy atom. The van der Waals surface area contributed by atoms with E-state index in [0.29, 0.717) is 22.7 Å². The van der Waals surface area contributed by atoms with Gasteiger partial charge in [0.25, 0.3) is 0 Å². The van der Waals surface area contributed by atoms with Gasteiger partial charge in [0, 0.05) is 26.2 Å². The van der Waals surface area contributed by atoms with Crippen molar-refractivity contribution < 1.29 is 19.0 Å². The number of rotatable bonds is 5. The van der Waals surface area contributed by atoms with Crippen LogP contribution in [0.1, 0.15) is 10.4 Å². The van der Waals surface area contributed by atoms with Gasteiger partial charge in [-0.15, -0.1) is 0 Å². The molecule has 0 fully saturated rings. The van der Waals surface area contributed by atoms with Gasteiger partial charge in [-0.25, -0.2) is 9.79 Å². The van der Waals surface area contributed by atoms with E-state index in [9.17, 15) is 4.79 Å². The lowest BCUT2D eigenvalue weighted by Gasteiger charge is -2.12. The molecule has 0 aromatic heterocycles. The molecule has 0 N–H and O–H groups in total. The highest BCUT2D eigenvalue weighted by Crippen LogP contribution is 2.35. The van der Waals surface area contributed by atoms with E-state index < -0.39 is 5.97 Å². The maximum absolute atomic E-state index is 11.7. The lowest BCUT2D eigenvalue weighted by atomic mass is 10.1. The molecule has 0 saturated heterocycles. The van der Waals surface area contributed by atoms with Gasteiger partial charge in [0.05, 0.1) is 38.9 Å². The second-order valence-corrected chi connectivity index (χ2v) is 3.92. The molecule has 0 saturated carbocycles. The number of methoxy groups -OCH3 is 3. The summed E-state index contributed by atoms with van der Waals surface area (Å²) >= 11 is 0. The Balaban J connectivity index is 3.35. The van der Waals surface area contributed by atoms with Crippen LogP contribution in [0.15, 0.2) is 17.1 Å². The number of carbonyl (C=O) groups is 1. The van der Waals surface area contributed by atoms with Crippen LogP contribution in [0.4, 0.5) is 5.69 Å². The fraction of sp³-hybridized carbons (Fsp3) is 0.385. The molecule has 0 aliphatic rings. The molecule has 1 rings (SSSR count). The molecule has 6 heteroatoms. The Morgan fingerprint density at radius 2 is 1.74 bits per heavy atom. The standard InChI is InChI=1S/C13H18N2O4/c1-15(2)8-14-10-7-12(18-4)11(17-3)6-9(10)13(16)19-5/h6-8H,1-5H3/b14-8-. The summed E-state index contributed by atoms with van der Waals surface area (Å²) in [6.07, 6.45) is 1.59. The van der Waals surface area contributed by atoms with Crippen LogP contribution >= 0.6 is 0 Å². The minimum absolute atomic E-state index is 0.318. The van der Waals surface area contributed by atoms with Crippen LogP contribution in [0.5, 0.6) is 11.5 Å². The Hall–Kier alpha value is -2.24. The second-order valence-electron chi connectivity index (χ2n) is 3.92. The monoisotopic (exact) mass is 266 g/mol. The third-order valence-corrected chi connectivity index (χ3v) is 2.33. The molecule has 0 atom stereocenters. The van der Waals surface area contributed by atoms with Crippen molar-refractivity contribution in [2.24, 2.45) is 4.99 Å². The summed E-state index contributed by atoms with van der Waals surface area (Å²) < 4.78 is 15.1. The van der Waals surface area contributed by atoms with Gasteiger partial charge in [0.1, 0.15) is 0 Å². The lowest BCUT2D eigenvalue weighted by Crippen LogP contribution is -2.08. The summed E-state index contributed by atoms with van der Waals surface area (Å²) in [5.41, 5.74) is 0.774.